The first-order valence-corrected chi connectivity index (χ1v) is 10.9. The lowest BCUT2D eigenvalue weighted by atomic mass is 10.1. The summed E-state index contributed by atoms with van der Waals surface area (Å²) in [6.07, 6.45) is 4.49. The van der Waals surface area contributed by atoms with Crippen molar-refractivity contribution in [2.75, 3.05) is 6.26 Å². The number of furan rings is 1. The molecule has 28 heavy (non-hydrogen) atoms. The van der Waals surface area contributed by atoms with E-state index in [1.165, 1.54) is 6.26 Å². The smallest absolute Gasteiger partial charge is 0.175 e. The molecule has 0 N–H and O–H groups in total. The second-order valence-electron chi connectivity index (χ2n) is 6.67. The van der Waals surface area contributed by atoms with Crippen LogP contribution >= 0.6 is 11.6 Å². The van der Waals surface area contributed by atoms with Crippen LogP contribution in [0.3, 0.4) is 0 Å². The van der Waals surface area contributed by atoms with Crippen LogP contribution in [-0.2, 0) is 9.84 Å². The lowest BCUT2D eigenvalue weighted by Crippen LogP contribution is -2.00. The Morgan fingerprint density at radius 3 is 2.29 bits per heavy atom. The summed E-state index contributed by atoms with van der Waals surface area (Å²) in [5.74, 6) is 0. The maximum Gasteiger partial charge on any atom is 0.175 e. The van der Waals surface area contributed by atoms with Crippen LogP contribution in [0, 0.1) is 6.92 Å². The van der Waals surface area contributed by atoms with E-state index in [1.807, 2.05) is 55.5 Å². The van der Waals surface area contributed by atoms with Crippen LogP contribution < -0.4 is 0 Å². The zero-order valence-corrected chi connectivity index (χ0v) is 17.0. The highest BCUT2D eigenvalue weighted by molar-refractivity contribution is 7.90. The number of aryl methyl sites for hydroxylation is 1. The van der Waals surface area contributed by atoms with Crippen LogP contribution in [0.2, 0.25) is 5.02 Å². The molecule has 0 spiro atoms. The highest BCUT2D eigenvalue weighted by atomic mass is 35.5. The maximum absolute atomic E-state index is 11.7. The summed E-state index contributed by atoms with van der Waals surface area (Å²) in [4.78, 5) is 0.304. The van der Waals surface area contributed by atoms with Crippen molar-refractivity contribution >= 4 is 21.4 Å². The van der Waals surface area contributed by atoms with Crippen molar-refractivity contribution in [1.82, 2.24) is 4.57 Å². The normalized spacial score (nSPS) is 11.7. The molecule has 0 fully saturated rings. The number of hydrogen-bond acceptors (Lipinski definition) is 3. The fourth-order valence-corrected chi connectivity index (χ4v) is 4.19. The average molecular weight is 412 g/mol. The molecule has 6 heteroatoms. The van der Waals surface area contributed by atoms with Gasteiger partial charge in [0.1, 0.15) is 0 Å². The van der Waals surface area contributed by atoms with Crippen molar-refractivity contribution < 1.29 is 12.8 Å². The van der Waals surface area contributed by atoms with Crippen LogP contribution in [0.5, 0.6) is 0 Å². The largest absolute Gasteiger partial charge is 0.472 e. The molecule has 0 unspecified atom stereocenters. The number of sulfone groups is 1. The number of halogens is 1. The third-order valence-corrected chi connectivity index (χ3v) is 6.14. The summed E-state index contributed by atoms with van der Waals surface area (Å²) >= 11 is 6.54. The van der Waals surface area contributed by atoms with Crippen LogP contribution in [0.15, 0.2) is 82.5 Å². The standard InChI is InChI=1S/C22H18ClNO3S/c1-15-3-10-22(16-4-7-19(8-5-16)28(2,25)26)24(15)18-6-9-20(21(23)13-18)17-11-12-27-14-17/h3-14H,1-2H3. The van der Waals surface area contributed by atoms with E-state index in [2.05, 4.69) is 4.57 Å². The zero-order valence-electron chi connectivity index (χ0n) is 15.4. The van der Waals surface area contributed by atoms with E-state index in [4.69, 9.17) is 16.0 Å². The van der Waals surface area contributed by atoms with Crippen molar-refractivity contribution in [2.45, 2.75) is 11.8 Å². The van der Waals surface area contributed by atoms with Crippen molar-refractivity contribution in [3.05, 3.63) is 83.9 Å². The van der Waals surface area contributed by atoms with Gasteiger partial charge < -0.3 is 8.98 Å². The van der Waals surface area contributed by atoms with Crippen LogP contribution in [0.1, 0.15) is 5.69 Å². The van der Waals surface area contributed by atoms with Gasteiger partial charge in [0.2, 0.25) is 0 Å². The monoisotopic (exact) mass is 411 g/mol. The number of rotatable bonds is 4. The van der Waals surface area contributed by atoms with Gasteiger partial charge in [-0.25, -0.2) is 8.42 Å². The van der Waals surface area contributed by atoms with E-state index >= 15 is 0 Å². The number of hydrogen-bond donors (Lipinski definition) is 0. The molecule has 2 aromatic heterocycles. The van der Waals surface area contributed by atoms with E-state index in [0.29, 0.717) is 9.92 Å². The van der Waals surface area contributed by atoms with E-state index in [0.717, 1.165) is 33.8 Å². The van der Waals surface area contributed by atoms with Gasteiger partial charge in [0.15, 0.2) is 9.84 Å². The minimum absolute atomic E-state index is 0.304. The highest BCUT2D eigenvalue weighted by Crippen LogP contribution is 2.33. The van der Waals surface area contributed by atoms with Gasteiger partial charge in [0, 0.05) is 28.8 Å². The van der Waals surface area contributed by atoms with Gasteiger partial charge in [-0.15, -0.1) is 0 Å². The van der Waals surface area contributed by atoms with Crippen molar-refractivity contribution in [1.29, 1.82) is 0 Å². The van der Waals surface area contributed by atoms with E-state index in [-0.39, 0.29) is 0 Å². The molecule has 0 saturated carbocycles. The molecule has 0 aliphatic carbocycles. The van der Waals surface area contributed by atoms with Gasteiger partial charge in [-0.3, -0.25) is 0 Å². The van der Waals surface area contributed by atoms with Crippen molar-refractivity contribution in [2.24, 2.45) is 0 Å². The summed E-state index contributed by atoms with van der Waals surface area (Å²) in [7, 11) is -3.22. The topological polar surface area (TPSA) is 52.2 Å². The summed E-state index contributed by atoms with van der Waals surface area (Å²) in [5.41, 5.74) is 5.71. The molecule has 2 aromatic carbocycles. The molecular formula is C22H18ClNO3S. The number of aromatic nitrogens is 1. The Labute approximate surface area is 168 Å². The van der Waals surface area contributed by atoms with Crippen LogP contribution in [0.25, 0.3) is 28.1 Å². The zero-order chi connectivity index (χ0) is 19.9. The molecule has 142 valence electrons. The lowest BCUT2D eigenvalue weighted by Gasteiger charge is -2.14. The summed E-state index contributed by atoms with van der Waals surface area (Å²) < 4.78 is 30.7. The predicted octanol–water partition coefficient (Wildman–Crippen LogP) is 5.77. The van der Waals surface area contributed by atoms with Gasteiger partial charge in [-0.2, -0.15) is 0 Å². The first kappa shape index (κ1) is 18.6. The Morgan fingerprint density at radius 1 is 0.929 bits per heavy atom. The summed E-state index contributed by atoms with van der Waals surface area (Å²) in [6, 6.07) is 18.7. The minimum Gasteiger partial charge on any atom is -0.472 e. The second kappa shape index (κ2) is 7.00. The number of nitrogens with zero attached hydrogens (tertiary/aromatic N) is 1. The van der Waals surface area contributed by atoms with Gasteiger partial charge in [-0.05, 0) is 55.0 Å². The van der Waals surface area contributed by atoms with Gasteiger partial charge in [-0.1, -0.05) is 29.8 Å². The predicted molar refractivity (Wildman–Crippen MR) is 112 cm³/mol. The Morgan fingerprint density at radius 2 is 1.68 bits per heavy atom. The fourth-order valence-electron chi connectivity index (χ4n) is 3.27. The Kier molecular flexibility index (Phi) is 4.65. The second-order valence-corrected chi connectivity index (χ2v) is 9.09. The molecule has 0 radical (unpaired) electrons. The Hall–Kier alpha value is -2.76. The number of benzene rings is 2. The molecule has 0 aliphatic heterocycles. The molecule has 4 aromatic rings. The van der Waals surface area contributed by atoms with E-state index in [1.54, 1.807) is 24.7 Å². The third kappa shape index (κ3) is 3.39. The molecular weight excluding hydrogens is 394 g/mol. The van der Waals surface area contributed by atoms with Crippen LogP contribution in [0.4, 0.5) is 0 Å². The average Bonchev–Trinajstić information content (AvgIpc) is 3.31. The van der Waals surface area contributed by atoms with E-state index < -0.39 is 9.84 Å². The Bertz CT molecular complexity index is 1240. The summed E-state index contributed by atoms with van der Waals surface area (Å²) in [6.45, 7) is 2.02. The third-order valence-electron chi connectivity index (χ3n) is 4.70. The summed E-state index contributed by atoms with van der Waals surface area (Å²) in [5, 5.41) is 0.630. The van der Waals surface area contributed by atoms with Crippen molar-refractivity contribution in [3.63, 3.8) is 0 Å². The SMILES string of the molecule is Cc1ccc(-c2ccc(S(C)(=O)=O)cc2)n1-c1ccc(-c2ccoc2)c(Cl)c1. The van der Waals surface area contributed by atoms with Gasteiger partial charge in [0.25, 0.3) is 0 Å². The molecule has 0 atom stereocenters. The molecule has 4 rings (SSSR count). The van der Waals surface area contributed by atoms with Gasteiger partial charge >= 0.3 is 0 Å². The molecule has 0 bridgehead atoms. The van der Waals surface area contributed by atoms with Crippen molar-refractivity contribution in [3.8, 4) is 28.1 Å². The maximum atomic E-state index is 11.7. The van der Waals surface area contributed by atoms with Crippen LogP contribution in [-0.4, -0.2) is 19.2 Å². The molecule has 0 saturated heterocycles. The van der Waals surface area contributed by atoms with Gasteiger partial charge in [0.05, 0.1) is 28.1 Å². The minimum atomic E-state index is -3.22. The quantitative estimate of drug-likeness (QED) is 0.428. The molecule has 0 aliphatic rings. The first-order valence-electron chi connectivity index (χ1n) is 8.66. The lowest BCUT2D eigenvalue weighted by molar-refractivity contribution is 0.568. The van der Waals surface area contributed by atoms with E-state index in [9.17, 15) is 8.42 Å². The highest BCUT2D eigenvalue weighted by Gasteiger charge is 2.13. The molecule has 0 amide bonds. The first-order chi connectivity index (χ1) is 13.3. The molecule has 2 heterocycles. The Balaban J connectivity index is 1.78. The molecule has 4 nitrogen and oxygen atoms in total. The fraction of sp³-hybridized carbons (Fsp3) is 0.0909.